The number of benzene rings is 2. The topological polar surface area (TPSA) is 65.9 Å². The second-order valence-corrected chi connectivity index (χ2v) is 9.56. The summed E-state index contributed by atoms with van der Waals surface area (Å²) in [4.78, 5) is 21.5. The molecule has 2 aromatic carbocycles. The zero-order chi connectivity index (χ0) is 24.0. The molecule has 1 N–H and O–H groups in total. The molecular weight excluding hydrogens is 438 g/mol. The van der Waals surface area contributed by atoms with E-state index in [1.54, 1.807) is 12.4 Å². The number of para-hydroxylation sites is 1. The Morgan fingerprint density at radius 2 is 1.80 bits per heavy atom. The summed E-state index contributed by atoms with van der Waals surface area (Å²) >= 11 is 0. The molecule has 1 amide bonds. The van der Waals surface area contributed by atoms with E-state index in [2.05, 4.69) is 28.1 Å². The molecule has 0 unspecified atom stereocenters. The van der Waals surface area contributed by atoms with E-state index in [9.17, 15) is 9.90 Å². The summed E-state index contributed by atoms with van der Waals surface area (Å²) in [5, 5.41) is 10.7. The lowest BCUT2D eigenvalue weighted by Gasteiger charge is -2.34. The van der Waals surface area contributed by atoms with Gasteiger partial charge in [0.15, 0.2) is 0 Å². The van der Waals surface area contributed by atoms with Gasteiger partial charge in [-0.25, -0.2) is 0 Å². The average molecular weight is 472 g/mol. The second kappa shape index (κ2) is 11.0. The molecule has 6 nitrogen and oxygen atoms in total. The molecule has 0 spiro atoms. The van der Waals surface area contributed by atoms with Crippen LogP contribution in [0.2, 0.25) is 0 Å². The first kappa shape index (κ1) is 23.5. The van der Waals surface area contributed by atoms with E-state index in [-0.39, 0.29) is 17.9 Å². The summed E-state index contributed by atoms with van der Waals surface area (Å²) in [6.45, 7) is 3.59. The van der Waals surface area contributed by atoms with Crippen LogP contribution in [0.1, 0.15) is 48.2 Å². The molecule has 2 atom stereocenters. The molecule has 6 heteroatoms. The largest absolute Gasteiger partial charge is 0.484 e. The minimum absolute atomic E-state index is 0.0698. The maximum absolute atomic E-state index is 13.1. The number of carbonyl (C=O) groups is 1. The van der Waals surface area contributed by atoms with Gasteiger partial charge in [0.25, 0.3) is 0 Å². The fourth-order valence-electron chi connectivity index (χ4n) is 5.19. The van der Waals surface area contributed by atoms with Crippen LogP contribution in [0.5, 0.6) is 5.75 Å². The summed E-state index contributed by atoms with van der Waals surface area (Å²) in [5.41, 5.74) is 3.16. The van der Waals surface area contributed by atoms with E-state index in [0.717, 1.165) is 48.4 Å². The number of piperidine rings is 1. The van der Waals surface area contributed by atoms with Gasteiger partial charge in [-0.05, 0) is 42.0 Å². The van der Waals surface area contributed by atoms with Crippen LogP contribution in [-0.2, 0) is 11.3 Å². The molecule has 2 aliphatic heterocycles. The summed E-state index contributed by atoms with van der Waals surface area (Å²) < 4.78 is 6.40. The third-order valence-electron chi connectivity index (χ3n) is 7.24. The SMILES string of the molecule is O=C(CCN1Cc2ccccc2O[C@H](c2ccccc2)C1)N1CCC([C@@H](O)c2cccnc2)CC1. The molecule has 3 heterocycles. The maximum Gasteiger partial charge on any atom is 0.223 e. The highest BCUT2D eigenvalue weighted by molar-refractivity contribution is 5.76. The summed E-state index contributed by atoms with van der Waals surface area (Å²) in [6.07, 6.45) is 4.96. The number of aromatic nitrogens is 1. The molecule has 5 rings (SSSR count). The molecule has 1 saturated heterocycles. The number of hydrogen-bond donors (Lipinski definition) is 1. The molecule has 1 aromatic heterocycles. The standard InChI is InChI=1S/C29H33N3O3/c33-28(32-17-12-23(13-18-32)29(34)24-10-6-15-30-19-24)14-16-31-20-25-9-4-5-11-26(25)35-27(21-31)22-7-2-1-3-8-22/h1-11,15,19,23,27,29,34H,12-14,16-18,20-21H2/t27-,29+/m0/s1. The number of likely N-dealkylation sites (tertiary alicyclic amines) is 1. The fraction of sp³-hybridized carbons (Fsp3) is 0.379. The molecular formula is C29H33N3O3. The second-order valence-electron chi connectivity index (χ2n) is 9.56. The Morgan fingerprint density at radius 3 is 2.57 bits per heavy atom. The Bertz CT molecular complexity index is 1100. The number of fused-ring (bicyclic) bond motifs is 1. The van der Waals surface area contributed by atoms with E-state index in [4.69, 9.17) is 4.74 Å². The van der Waals surface area contributed by atoms with Crippen molar-refractivity contribution in [2.75, 3.05) is 26.2 Å². The van der Waals surface area contributed by atoms with Crippen molar-refractivity contribution in [1.29, 1.82) is 0 Å². The van der Waals surface area contributed by atoms with Crippen molar-refractivity contribution >= 4 is 5.91 Å². The van der Waals surface area contributed by atoms with Crippen LogP contribution >= 0.6 is 0 Å². The Morgan fingerprint density at radius 1 is 1.03 bits per heavy atom. The van der Waals surface area contributed by atoms with Crippen molar-refractivity contribution in [3.63, 3.8) is 0 Å². The lowest BCUT2D eigenvalue weighted by atomic mass is 9.88. The highest BCUT2D eigenvalue weighted by atomic mass is 16.5. The Labute approximate surface area is 207 Å². The van der Waals surface area contributed by atoms with E-state index in [1.165, 1.54) is 0 Å². The van der Waals surface area contributed by atoms with Crippen molar-refractivity contribution in [2.45, 2.75) is 38.0 Å². The van der Waals surface area contributed by atoms with Crippen LogP contribution in [0.25, 0.3) is 0 Å². The van der Waals surface area contributed by atoms with Gasteiger partial charge < -0.3 is 14.7 Å². The number of carbonyl (C=O) groups excluding carboxylic acids is 1. The van der Waals surface area contributed by atoms with Crippen LogP contribution in [0.3, 0.4) is 0 Å². The number of rotatable bonds is 6. The average Bonchev–Trinajstić information content (AvgIpc) is 3.12. The summed E-state index contributed by atoms with van der Waals surface area (Å²) in [7, 11) is 0. The Hall–Kier alpha value is -3.22. The third-order valence-corrected chi connectivity index (χ3v) is 7.24. The number of pyridine rings is 1. The van der Waals surface area contributed by atoms with Gasteiger partial charge in [-0.2, -0.15) is 0 Å². The molecule has 0 aliphatic carbocycles. The normalized spacial score (nSPS) is 19.9. The quantitative estimate of drug-likeness (QED) is 0.578. The molecule has 0 bridgehead atoms. The first-order chi connectivity index (χ1) is 17.2. The highest BCUT2D eigenvalue weighted by Gasteiger charge is 2.29. The number of ether oxygens (including phenoxy) is 1. The lowest BCUT2D eigenvalue weighted by Crippen LogP contribution is -2.41. The summed E-state index contributed by atoms with van der Waals surface area (Å²) in [6, 6.07) is 22.3. The molecule has 2 aliphatic rings. The molecule has 3 aromatic rings. The smallest absolute Gasteiger partial charge is 0.223 e. The molecule has 0 radical (unpaired) electrons. The van der Waals surface area contributed by atoms with Gasteiger partial charge >= 0.3 is 0 Å². The molecule has 182 valence electrons. The fourth-order valence-corrected chi connectivity index (χ4v) is 5.19. The predicted molar refractivity (Wildman–Crippen MR) is 135 cm³/mol. The molecule has 35 heavy (non-hydrogen) atoms. The van der Waals surface area contributed by atoms with Crippen molar-refractivity contribution in [3.8, 4) is 5.75 Å². The van der Waals surface area contributed by atoms with E-state index >= 15 is 0 Å². The van der Waals surface area contributed by atoms with Gasteiger partial charge in [0, 0.05) is 57.1 Å². The van der Waals surface area contributed by atoms with Crippen molar-refractivity contribution in [3.05, 3.63) is 95.8 Å². The first-order valence-corrected chi connectivity index (χ1v) is 12.5. The lowest BCUT2D eigenvalue weighted by molar-refractivity contribution is -0.133. The Balaban J connectivity index is 1.18. The van der Waals surface area contributed by atoms with Gasteiger partial charge in [-0.15, -0.1) is 0 Å². The van der Waals surface area contributed by atoms with Gasteiger partial charge in [0.05, 0.1) is 6.10 Å². The number of amides is 1. The number of hydrogen-bond acceptors (Lipinski definition) is 5. The number of nitrogens with zero attached hydrogens (tertiary/aromatic N) is 3. The monoisotopic (exact) mass is 471 g/mol. The zero-order valence-corrected chi connectivity index (χ0v) is 20.0. The number of aliphatic hydroxyl groups excluding tert-OH is 1. The zero-order valence-electron chi connectivity index (χ0n) is 20.0. The van der Waals surface area contributed by atoms with E-state index in [1.807, 2.05) is 53.4 Å². The van der Waals surface area contributed by atoms with E-state index < -0.39 is 6.10 Å². The molecule has 0 saturated carbocycles. The van der Waals surface area contributed by atoms with Crippen molar-refractivity contribution < 1.29 is 14.6 Å². The minimum Gasteiger partial charge on any atom is -0.484 e. The predicted octanol–water partition coefficient (Wildman–Crippen LogP) is 4.38. The van der Waals surface area contributed by atoms with Crippen LogP contribution in [-0.4, -0.2) is 52.0 Å². The van der Waals surface area contributed by atoms with Gasteiger partial charge in [-0.1, -0.05) is 54.6 Å². The number of aliphatic hydroxyl groups is 1. The Kier molecular flexibility index (Phi) is 7.40. The van der Waals surface area contributed by atoms with Crippen LogP contribution in [0, 0.1) is 5.92 Å². The highest BCUT2D eigenvalue weighted by Crippen LogP contribution is 2.32. The van der Waals surface area contributed by atoms with E-state index in [0.29, 0.717) is 26.1 Å². The minimum atomic E-state index is -0.520. The van der Waals surface area contributed by atoms with Gasteiger partial charge in [0.2, 0.25) is 5.91 Å². The van der Waals surface area contributed by atoms with Crippen LogP contribution < -0.4 is 4.74 Å². The van der Waals surface area contributed by atoms with Gasteiger partial charge in [-0.3, -0.25) is 14.7 Å². The summed E-state index contributed by atoms with van der Waals surface area (Å²) in [5.74, 6) is 1.27. The maximum atomic E-state index is 13.1. The van der Waals surface area contributed by atoms with Crippen LogP contribution in [0.15, 0.2) is 79.1 Å². The third kappa shape index (κ3) is 5.72. The van der Waals surface area contributed by atoms with Crippen molar-refractivity contribution in [2.24, 2.45) is 5.92 Å². The van der Waals surface area contributed by atoms with Crippen molar-refractivity contribution in [1.82, 2.24) is 14.8 Å². The molecule has 1 fully saturated rings. The first-order valence-electron chi connectivity index (χ1n) is 12.5. The van der Waals surface area contributed by atoms with Gasteiger partial charge in [0.1, 0.15) is 11.9 Å². The van der Waals surface area contributed by atoms with Crippen LogP contribution in [0.4, 0.5) is 0 Å².